The fourth-order valence-electron chi connectivity index (χ4n) is 2.34. The Hall–Kier alpha value is -2.58. The lowest BCUT2D eigenvalue weighted by Gasteiger charge is -2.21. The second-order valence-corrected chi connectivity index (χ2v) is 8.28. The summed E-state index contributed by atoms with van der Waals surface area (Å²) in [5.74, 6) is 0.0555. The zero-order valence-corrected chi connectivity index (χ0v) is 17.4. The third-order valence-corrected chi connectivity index (χ3v) is 5.13. The van der Waals surface area contributed by atoms with Crippen molar-refractivity contribution in [1.29, 1.82) is 0 Å². The first-order valence-corrected chi connectivity index (χ1v) is 10.7. The Morgan fingerprint density at radius 3 is 2.29 bits per heavy atom. The summed E-state index contributed by atoms with van der Waals surface area (Å²) in [6, 6.07) is 13.5. The maximum absolute atomic E-state index is 12.3. The van der Waals surface area contributed by atoms with E-state index in [9.17, 15) is 13.2 Å². The molecule has 0 bridgehead atoms. The molecule has 2 aromatic rings. The summed E-state index contributed by atoms with van der Waals surface area (Å²) in [5.41, 5.74) is 4.10. The minimum absolute atomic E-state index is 0.361. The van der Waals surface area contributed by atoms with Crippen LogP contribution in [-0.4, -0.2) is 39.4 Å². The number of carbonyl (C=O) groups excluding carboxylic acids is 1. The zero-order valence-electron chi connectivity index (χ0n) is 15.8. The van der Waals surface area contributed by atoms with Crippen LogP contribution in [0.15, 0.2) is 53.6 Å². The number of carbonyl (C=O) groups is 1. The van der Waals surface area contributed by atoms with Gasteiger partial charge >= 0.3 is 0 Å². The molecule has 0 aliphatic carbocycles. The van der Waals surface area contributed by atoms with Crippen molar-refractivity contribution in [3.05, 3.63) is 59.1 Å². The maximum Gasteiger partial charge on any atom is 0.260 e. The van der Waals surface area contributed by atoms with Gasteiger partial charge in [-0.3, -0.25) is 9.10 Å². The maximum atomic E-state index is 12.3. The van der Waals surface area contributed by atoms with Gasteiger partial charge in [0.15, 0.2) is 0 Å². The Labute approximate surface area is 170 Å². The Morgan fingerprint density at radius 1 is 1.14 bits per heavy atom. The molecule has 1 amide bonds. The summed E-state index contributed by atoms with van der Waals surface area (Å²) in [6.07, 6.45) is 1.04. The summed E-state index contributed by atoms with van der Waals surface area (Å²) in [7, 11) is -3.67. The first-order valence-electron chi connectivity index (χ1n) is 8.50. The molecule has 0 fully saturated rings. The first-order chi connectivity index (χ1) is 13.2. The molecule has 2 aromatic carbocycles. The summed E-state index contributed by atoms with van der Waals surface area (Å²) in [4.78, 5) is 12.3. The Morgan fingerprint density at radius 2 is 1.75 bits per heavy atom. The monoisotopic (exact) mass is 423 g/mol. The Bertz CT molecular complexity index is 942. The van der Waals surface area contributed by atoms with Gasteiger partial charge < -0.3 is 4.74 Å². The molecule has 0 atom stereocenters. The minimum atomic E-state index is -3.67. The van der Waals surface area contributed by atoms with E-state index in [1.54, 1.807) is 55.5 Å². The average molecular weight is 424 g/mol. The summed E-state index contributed by atoms with van der Waals surface area (Å²) < 4.78 is 30.6. The molecule has 28 heavy (non-hydrogen) atoms. The standard InChI is InChI=1S/C19H22ClN3O4S/c1-4-27-18-11-9-17(10-12-18)23(28(3,25)26)13-19(24)22-21-14(2)15-5-7-16(20)8-6-15/h5-12H,4,13H2,1-3H3,(H,22,24)/b21-14-. The molecule has 9 heteroatoms. The molecule has 0 spiro atoms. The predicted octanol–water partition coefficient (Wildman–Crippen LogP) is 3.05. The zero-order chi connectivity index (χ0) is 20.7. The molecule has 7 nitrogen and oxygen atoms in total. The van der Waals surface area contributed by atoms with Gasteiger partial charge in [0.25, 0.3) is 5.91 Å². The normalized spacial score (nSPS) is 11.8. The molecule has 0 aliphatic rings. The lowest BCUT2D eigenvalue weighted by molar-refractivity contribution is -0.119. The smallest absolute Gasteiger partial charge is 0.260 e. The minimum Gasteiger partial charge on any atom is -0.494 e. The fraction of sp³-hybridized carbons (Fsp3) is 0.263. The van der Waals surface area contributed by atoms with Crippen molar-refractivity contribution < 1.29 is 17.9 Å². The van der Waals surface area contributed by atoms with Crippen molar-refractivity contribution in [3.63, 3.8) is 0 Å². The molecule has 0 radical (unpaired) electrons. The van der Waals surface area contributed by atoms with Gasteiger partial charge in [-0.2, -0.15) is 5.10 Å². The lowest BCUT2D eigenvalue weighted by Crippen LogP contribution is -2.39. The molecule has 0 aliphatic heterocycles. The van der Waals surface area contributed by atoms with Gasteiger partial charge in [-0.1, -0.05) is 23.7 Å². The number of benzene rings is 2. The highest BCUT2D eigenvalue weighted by molar-refractivity contribution is 7.92. The largest absolute Gasteiger partial charge is 0.494 e. The van der Waals surface area contributed by atoms with Crippen molar-refractivity contribution in [2.24, 2.45) is 5.10 Å². The van der Waals surface area contributed by atoms with E-state index in [2.05, 4.69) is 10.5 Å². The van der Waals surface area contributed by atoms with Gasteiger partial charge in [-0.15, -0.1) is 0 Å². The Kier molecular flexibility index (Phi) is 7.42. The first kappa shape index (κ1) is 21.7. The van der Waals surface area contributed by atoms with Crippen LogP contribution in [0, 0.1) is 0 Å². The van der Waals surface area contributed by atoms with Crippen molar-refractivity contribution in [3.8, 4) is 5.75 Å². The highest BCUT2D eigenvalue weighted by Gasteiger charge is 2.20. The van der Waals surface area contributed by atoms with Crippen LogP contribution in [0.1, 0.15) is 19.4 Å². The molecule has 2 rings (SSSR count). The van der Waals surface area contributed by atoms with Gasteiger partial charge in [0, 0.05) is 5.02 Å². The van der Waals surface area contributed by atoms with Gasteiger partial charge in [0.05, 0.1) is 24.3 Å². The van der Waals surface area contributed by atoms with Crippen LogP contribution in [0.3, 0.4) is 0 Å². The van der Waals surface area contributed by atoms with Crippen LogP contribution >= 0.6 is 11.6 Å². The van der Waals surface area contributed by atoms with Gasteiger partial charge in [-0.25, -0.2) is 13.8 Å². The van der Waals surface area contributed by atoms with Crippen LogP contribution in [0.5, 0.6) is 5.75 Å². The van der Waals surface area contributed by atoms with E-state index < -0.39 is 22.5 Å². The predicted molar refractivity (Wildman–Crippen MR) is 112 cm³/mol. The second-order valence-electron chi connectivity index (χ2n) is 5.94. The van der Waals surface area contributed by atoms with Crippen LogP contribution in [-0.2, 0) is 14.8 Å². The van der Waals surface area contributed by atoms with Gasteiger partial charge in [0.1, 0.15) is 12.3 Å². The Balaban J connectivity index is 2.10. The number of hydrogen-bond donors (Lipinski definition) is 1. The summed E-state index contributed by atoms with van der Waals surface area (Å²) >= 11 is 5.85. The molecule has 0 unspecified atom stereocenters. The number of ether oxygens (including phenoxy) is 1. The number of rotatable bonds is 8. The quantitative estimate of drug-likeness (QED) is 0.522. The molecule has 1 N–H and O–H groups in total. The number of sulfonamides is 1. The van der Waals surface area contributed by atoms with Crippen LogP contribution in [0.2, 0.25) is 5.02 Å². The highest BCUT2D eigenvalue weighted by atomic mass is 35.5. The van der Waals surface area contributed by atoms with Gasteiger partial charge in [0.2, 0.25) is 10.0 Å². The molecular formula is C19H22ClN3O4S. The fourth-order valence-corrected chi connectivity index (χ4v) is 3.33. The second kappa shape index (κ2) is 9.57. The van der Waals surface area contributed by atoms with Crippen molar-refractivity contribution in [2.45, 2.75) is 13.8 Å². The van der Waals surface area contributed by atoms with Crippen LogP contribution in [0.25, 0.3) is 0 Å². The number of nitrogens with zero attached hydrogens (tertiary/aromatic N) is 2. The number of amides is 1. The molecular weight excluding hydrogens is 402 g/mol. The number of anilines is 1. The molecule has 0 heterocycles. The van der Waals surface area contributed by atoms with Gasteiger partial charge in [-0.05, 0) is 55.8 Å². The summed E-state index contributed by atoms with van der Waals surface area (Å²) in [6.45, 7) is 3.69. The van der Waals surface area contributed by atoms with E-state index >= 15 is 0 Å². The molecule has 0 saturated heterocycles. The molecule has 0 aromatic heterocycles. The average Bonchev–Trinajstić information content (AvgIpc) is 2.65. The van der Waals surface area contributed by atoms with E-state index in [0.717, 1.165) is 16.1 Å². The van der Waals surface area contributed by atoms with Crippen LogP contribution in [0.4, 0.5) is 5.69 Å². The van der Waals surface area contributed by atoms with Crippen LogP contribution < -0.4 is 14.5 Å². The molecule has 150 valence electrons. The summed E-state index contributed by atoms with van der Waals surface area (Å²) in [5, 5.41) is 4.62. The van der Waals surface area contributed by atoms with E-state index in [4.69, 9.17) is 16.3 Å². The number of nitrogens with one attached hydrogen (secondary N) is 1. The lowest BCUT2D eigenvalue weighted by atomic mass is 10.1. The van der Waals surface area contributed by atoms with E-state index in [1.165, 1.54) is 0 Å². The van der Waals surface area contributed by atoms with E-state index in [0.29, 0.717) is 28.8 Å². The van der Waals surface area contributed by atoms with Crippen molar-refractivity contribution in [1.82, 2.24) is 5.43 Å². The third-order valence-electron chi connectivity index (χ3n) is 3.73. The number of hydrazone groups is 1. The number of hydrogen-bond acceptors (Lipinski definition) is 5. The van der Waals surface area contributed by atoms with Crippen molar-refractivity contribution >= 4 is 38.9 Å². The SMILES string of the molecule is CCOc1ccc(N(CC(=O)N/N=C(/C)c2ccc(Cl)cc2)S(C)(=O)=O)cc1. The topological polar surface area (TPSA) is 88.1 Å². The molecule has 0 saturated carbocycles. The highest BCUT2D eigenvalue weighted by Crippen LogP contribution is 2.21. The van der Waals surface area contributed by atoms with Crippen molar-refractivity contribution in [2.75, 3.05) is 23.7 Å². The van der Waals surface area contributed by atoms with E-state index in [-0.39, 0.29) is 0 Å². The third kappa shape index (κ3) is 6.24. The number of halogens is 1. The van der Waals surface area contributed by atoms with E-state index in [1.807, 2.05) is 6.92 Å².